The van der Waals surface area contributed by atoms with E-state index in [1.165, 1.54) is 23.9 Å². The van der Waals surface area contributed by atoms with Gasteiger partial charge in [0.05, 0.1) is 10.9 Å². The van der Waals surface area contributed by atoms with Crippen molar-refractivity contribution >= 4 is 23.4 Å². The van der Waals surface area contributed by atoms with E-state index in [1.54, 1.807) is 19.1 Å². The molecule has 1 N–H and O–H groups in total. The number of ether oxygens (including phenoxy) is 1. The fourth-order valence-electron chi connectivity index (χ4n) is 1.87. The maximum Gasteiger partial charge on any atom is 0.387 e. The van der Waals surface area contributed by atoms with Crippen LogP contribution in [0.3, 0.4) is 0 Å². The third-order valence-electron chi connectivity index (χ3n) is 3.07. The van der Waals surface area contributed by atoms with Crippen molar-refractivity contribution in [2.45, 2.75) is 24.5 Å². The molecule has 122 valence electrons. The lowest BCUT2D eigenvalue weighted by Crippen LogP contribution is -2.23. The molecule has 0 aromatic heterocycles. The molecule has 23 heavy (non-hydrogen) atoms. The van der Waals surface area contributed by atoms with Gasteiger partial charge in [-0.05, 0) is 24.6 Å². The Bertz CT molecular complexity index is 638. The van der Waals surface area contributed by atoms with Crippen molar-refractivity contribution in [2.24, 2.45) is 0 Å². The first-order valence-corrected chi connectivity index (χ1v) is 8.11. The molecule has 0 aliphatic heterocycles. The van der Waals surface area contributed by atoms with Gasteiger partial charge in [-0.1, -0.05) is 42.5 Å². The first kappa shape index (κ1) is 17.3. The minimum Gasteiger partial charge on any atom is -0.433 e. The fourth-order valence-corrected chi connectivity index (χ4v) is 2.72. The number of thioether (sulfide) groups is 1. The van der Waals surface area contributed by atoms with Crippen molar-refractivity contribution in [3.8, 4) is 5.75 Å². The standard InChI is InChI=1S/C17H17F2NO2S/c1-12(23-11-13-7-3-2-4-8-13)16(21)20-14-9-5-6-10-15(14)22-17(18)19/h2-10,12,17H,11H2,1H3,(H,20,21). The highest BCUT2D eigenvalue weighted by Gasteiger charge is 2.16. The van der Waals surface area contributed by atoms with Crippen molar-refractivity contribution < 1.29 is 18.3 Å². The van der Waals surface area contributed by atoms with Crippen LogP contribution in [-0.2, 0) is 10.5 Å². The van der Waals surface area contributed by atoms with Crippen molar-refractivity contribution in [2.75, 3.05) is 5.32 Å². The first-order valence-electron chi connectivity index (χ1n) is 7.06. The van der Waals surface area contributed by atoms with E-state index in [0.29, 0.717) is 5.75 Å². The molecule has 0 spiro atoms. The van der Waals surface area contributed by atoms with Crippen LogP contribution in [0.5, 0.6) is 5.75 Å². The Kier molecular flexibility index (Phi) is 6.40. The van der Waals surface area contributed by atoms with Crippen LogP contribution in [0.1, 0.15) is 12.5 Å². The molecule has 0 bridgehead atoms. The third-order valence-corrected chi connectivity index (χ3v) is 4.29. The largest absolute Gasteiger partial charge is 0.433 e. The Morgan fingerprint density at radius 2 is 1.78 bits per heavy atom. The zero-order chi connectivity index (χ0) is 16.7. The normalized spacial score (nSPS) is 12.0. The molecule has 0 aliphatic rings. The number of hydrogen-bond acceptors (Lipinski definition) is 3. The van der Waals surface area contributed by atoms with Crippen molar-refractivity contribution in [1.29, 1.82) is 0 Å². The topological polar surface area (TPSA) is 38.3 Å². The molecule has 1 atom stereocenters. The average molecular weight is 337 g/mol. The lowest BCUT2D eigenvalue weighted by molar-refractivity contribution is -0.115. The second-order valence-corrected chi connectivity index (χ2v) is 6.13. The highest BCUT2D eigenvalue weighted by molar-refractivity contribution is 7.99. The van der Waals surface area contributed by atoms with E-state index in [1.807, 2.05) is 30.3 Å². The zero-order valence-electron chi connectivity index (χ0n) is 12.5. The number of hydrogen-bond donors (Lipinski definition) is 1. The molecule has 0 fully saturated rings. The van der Waals surface area contributed by atoms with Gasteiger partial charge in [-0.2, -0.15) is 8.78 Å². The molecule has 2 rings (SSSR count). The smallest absolute Gasteiger partial charge is 0.387 e. The molecular weight excluding hydrogens is 320 g/mol. The summed E-state index contributed by atoms with van der Waals surface area (Å²) < 4.78 is 29.1. The van der Waals surface area contributed by atoms with Gasteiger partial charge in [-0.3, -0.25) is 4.79 Å². The number of para-hydroxylation sites is 2. The van der Waals surface area contributed by atoms with Crippen molar-refractivity contribution in [3.05, 3.63) is 60.2 Å². The first-order chi connectivity index (χ1) is 11.1. The summed E-state index contributed by atoms with van der Waals surface area (Å²) in [5.41, 5.74) is 1.36. The van der Waals surface area contributed by atoms with Crippen LogP contribution in [0, 0.1) is 0 Å². The molecule has 3 nitrogen and oxygen atoms in total. The van der Waals surface area contributed by atoms with Crippen LogP contribution >= 0.6 is 11.8 Å². The van der Waals surface area contributed by atoms with Gasteiger partial charge in [-0.25, -0.2) is 0 Å². The minimum absolute atomic E-state index is 0.0453. The zero-order valence-corrected chi connectivity index (χ0v) is 13.4. The summed E-state index contributed by atoms with van der Waals surface area (Å²) in [4.78, 5) is 12.2. The Balaban J connectivity index is 1.93. The molecule has 0 saturated heterocycles. The fraction of sp³-hybridized carbons (Fsp3) is 0.235. The van der Waals surface area contributed by atoms with Crippen LogP contribution in [0.15, 0.2) is 54.6 Å². The Morgan fingerprint density at radius 3 is 2.48 bits per heavy atom. The number of amides is 1. The summed E-state index contributed by atoms with van der Waals surface area (Å²) in [6, 6.07) is 15.9. The van der Waals surface area contributed by atoms with Crippen molar-refractivity contribution in [3.63, 3.8) is 0 Å². The number of anilines is 1. The molecule has 0 heterocycles. The van der Waals surface area contributed by atoms with Gasteiger partial charge in [-0.15, -0.1) is 11.8 Å². The third kappa shape index (κ3) is 5.56. The van der Waals surface area contributed by atoms with Gasteiger partial charge < -0.3 is 10.1 Å². The second-order valence-electron chi connectivity index (χ2n) is 4.80. The lowest BCUT2D eigenvalue weighted by Gasteiger charge is -2.15. The van der Waals surface area contributed by atoms with Crippen LogP contribution in [-0.4, -0.2) is 17.8 Å². The maximum absolute atomic E-state index is 12.4. The summed E-state index contributed by atoms with van der Waals surface area (Å²) in [5, 5.41) is 2.31. The van der Waals surface area contributed by atoms with Gasteiger partial charge in [0.1, 0.15) is 5.75 Å². The van der Waals surface area contributed by atoms with Crippen LogP contribution in [0.4, 0.5) is 14.5 Å². The highest BCUT2D eigenvalue weighted by atomic mass is 32.2. The number of halogens is 2. The quantitative estimate of drug-likeness (QED) is 0.805. The summed E-state index contributed by atoms with van der Waals surface area (Å²) >= 11 is 1.48. The van der Waals surface area contributed by atoms with E-state index in [-0.39, 0.29) is 22.6 Å². The molecule has 0 aliphatic carbocycles. The van der Waals surface area contributed by atoms with E-state index in [0.717, 1.165) is 5.56 Å². The number of rotatable bonds is 7. The summed E-state index contributed by atoms with van der Waals surface area (Å²) in [7, 11) is 0. The molecule has 6 heteroatoms. The number of alkyl halides is 2. The van der Waals surface area contributed by atoms with E-state index in [4.69, 9.17) is 0 Å². The maximum atomic E-state index is 12.4. The number of benzene rings is 2. The Labute approximate surface area is 138 Å². The predicted molar refractivity (Wildman–Crippen MR) is 88.9 cm³/mol. The van der Waals surface area contributed by atoms with Crippen LogP contribution < -0.4 is 10.1 Å². The second kappa shape index (κ2) is 8.53. The molecule has 2 aromatic carbocycles. The highest BCUT2D eigenvalue weighted by Crippen LogP contribution is 2.27. The van der Waals surface area contributed by atoms with E-state index < -0.39 is 6.61 Å². The van der Waals surface area contributed by atoms with Crippen LogP contribution in [0.25, 0.3) is 0 Å². The Hall–Kier alpha value is -2.08. The number of carbonyl (C=O) groups excluding carboxylic acids is 1. The Morgan fingerprint density at radius 1 is 1.13 bits per heavy atom. The molecule has 1 amide bonds. The van der Waals surface area contributed by atoms with Gasteiger partial charge in [0.15, 0.2) is 0 Å². The lowest BCUT2D eigenvalue weighted by atomic mass is 10.2. The molecule has 0 saturated carbocycles. The van der Waals surface area contributed by atoms with Crippen LogP contribution in [0.2, 0.25) is 0 Å². The number of nitrogens with one attached hydrogen (secondary N) is 1. The monoisotopic (exact) mass is 337 g/mol. The molecule has 1 unspecified atom stereocenters. The van der Waals surface area contributed by atoms with Gasteiger partial charge >= 0.3 is 6.61 Å². The van der Waals surface area contributed by atoms with E-state index in [9.17, 15) is 13.6 Å². The molecular formula is C17H17F2NO2S. The van der Waals surface area contributed by atoms with Gasteiger partial charge in [0, 0.05) is 5.75 Å². The predicted octanol–water partition coefficient (Wildman–Crippen LogP) is 4.55. The average Bonchev–Trinajstić information content (AvgIpc) is 2.55. The molecule has 2 aromatic rings. The minimum atomic E-state index is -2.93. The summed E-state index contributed by atoms with van der Waals surface area (Å²) in [5.74, 6) is 0.400. The SMILES string of the molecule is CC(SCc1ccccc1)C(=O)Nc1ccccc1OC(F)F. The van der Waals surface area contributed by atoms with Gasteiger partial charge in [0.2, 0.25) is 5.91 Å². The van der Waals surface area contributed by atoms with Crippen molar-refractivity contribution in [1.82, 2.24) is 0 Å². The molecule has 0 radical (unpaired) electrons. The van der Waals surface area contributed by atoms with E-state index in [2.05, 4.69) is 10.1 Å². The van der Waals surface area contributed by atoms with Gasteiger partial charge in [0.25, 0.3) is 0 Å². The van der Waals surface area contributed by atoms with E-state index >= 15 is 0 Å². The number of carbonyl (C=O) groups is 1. The summed E-state index contributed by atoms with van der Waals surface area (Å²) in [6.07, 6.45) is 0. The summed E-state index contributed by atoms with van der Waals surface area (Å²) in [6.45, 7) is -1.16.